The van der Waals surface area contributed by atoms with Gasteiger partial charge in [-0.2, -0.15) is 0 Å². The van der Waals surface area contributed by atoms with E-state index in [1.54, 1.807) is 10.8 Å². The molecule has 3 heterocycles. The number of aromatic nitrogens is 2. The number of para-hydroxylation sites is 2. The lowest BCUT2D eigenvalue weighted by Gasteiger charge is -2.21. The summed E-state index contributed by atoms with van der Waals surface area (Å²) in [6.45, 7) is -1.03. The van der Waals surface area contributed by atoms with Crippen molar-refractivity contribution in [3.63, 3.8) is 0 Å². The first-order chi connectivity index (χ1) is 19.3. The summed E-state index contributed by atoms with van der Waals surface area (Å²) in [6.07, 6.45) is 3.80. The highest BCUT2D eigenvalue weighted by molar-refractivity contribution is 6.50. The van der Waals surface area contributed by atoms with Gasteiger partial charge in [0.2, 0.25) is 11.8 Å². The lowest BCUT2D eigenvalue weighted by molar-refractivity contribution is -0.147. The fourth-order valence-corrected chi connectivity index (χ4v) is 5.16. The normalized spacial score (nSPS) is 14.2. The van der Waals surface area contributed by atoms with Crippen LogP contribution in [0.2, 0.25) is 0 Å². The zero-order valence-electron chi connectivity index (χ0n) is 21.7. The van der Waals surface area contributed by atoms with Crippen molar-refractivity contribution in [2.45, 2.75) is 19.0 Å². The van der Waals surface area contributed by atoms with E-state index in [-0.39, 0.29) is 24.1 Å². The molecule has 4 aromatic rings. The van der Waals surface area contributed by atoms with Gasteiger partial charge in [0.15, 0.2) is 0 Å². The number of aryl methyl sites for hydroxylation is 2. The Morgan fingerprint density at radius 2 is 1.55 bits per heavy atom. The molecular weight excluding hydrogens is 514 g/mol. The highest BCUT2D eigenvalue weighted by atomic mass is 16.3. The van der Waals surface area contributed by atoms with Crippen LogP contribution >= 0.6 is 0 Å². The highest BCUT2D eigenvalue weighted by Gasteiger charge is 2.35. The smallest absolute Gasteiger partial charge is 0.259 e. The number of nitrogens with two attached hydrogens (primary N) is 1. The quantitative estimate of drug-likeness (QED) is 0.210. The average molecular weight is 542 g/mol. The summed E-state index contributed by atoms with van der Waals surface area (Å²) >= 11 is 0. The predicted octanol–water partition coefficient (Wildman–Crippen LogP) is 0.964. The zero-order valence-corrected chi connectivity index (χ0v) is 21.7. The third-order valence-electron chi connectivity index (χ3n) is 7.06. The number of rotatable bonds is 9. The summed E-state index contributed by atoms with van der Waals surface area (Å²) in [5.41, 5.74) is 8.85. The van der Waals surface area contributed by atoms with Crippen LogP contribution < -0.4 is 11.1 Å². The Morgan fingerprint density at radius 1 is 0.975 bits per heavy atom. The molecule has 0 radical (unpaired) electrons. The van der Waals surface area contributed by atoms with E-state index in [4.69, 9.17) is 5.73 Å². The maximum absolute atomic E-state index is 13.2. The van der Waals surface area contributed by atoms with E-state index >= 15 is 0 Å². The first kappa shape index (κ1) is 26.7. The lowest BCUT2D eigenvalue weighted by Crippen LogP contribution is -2.49. The highest BCUT2D eigenvalue weighted by Crippen LogP contribution is 2.38. The van der Waals surface area contributed by atoms with Crippen LogP contribution in [0.25, 0.3) is 33.0 Å². The number of aliphatic hydroxyl groups is 1. The van der Waals surface area contributed by atoms with Crippen molar-refractivity contribution in [2.75, 3.05) is 13.2 Å². The second-order valence-corrected chi connectivity index (χ2v) is 9.51. The maximum atomic E-state index is 13.2. The Morgan fingerprint density at radius 3 is 2.17 bits per heavy atom. The van der Waals surface area contributed by atoms with E-state index in [1.807, 2.05) is 66.3 Å². The van der Waals surface area contributed by atoms with Gasteiger partial charge in [-0.1, -0.05) is 36.4 Å². The second kappa shape index (κ2) is 10.7. The minimum Gasteiger partial charge on any atom is -0.394 e. The summed E-state index contributed by atoms with van der Waals surface area (Å²) < 4.78 is 3.66. The van der Waals surface area contributed by atoms with Crippen molar-refractivity contribution >= 4 is 62.9 Å². The molecule has 5 rings (SSSR count). The molecule has 0 aliphatic carbocycles. The van der Waals surface area contributed by atoms with Crippen molar-refractivity contribution in [3.8, 4) is 0 Å². The van der Waals surface area contributed by atoms with Gasteiger partial charge in [-0.25, -0.2) is 0 Å². The summed E-state index contributed by atoms with van der Waals surface area (Å²) in [7, 11) is 1.87. The Kier molecular flexibility index (Phi) is 7.16. The summed E-state index contributed by atoms with van der Waals surface area (Å²) in [5, 5.41) is 13.2. The molecule has 40 heavy (non-hydrogen) atoms. The molecular formula is C29H27N5O6. The van der Waals surface area contributed by atoms with E-state index in [0.29, 0.717) is 28.3 Å². The van der Waals surface area contributed by atoms with Crippen LogP contribution in [0.5, 0.6) is 0 Å². The van der Waals surface area contributed by atoms with Crippen molar-refractivity contribution < 1.29 is 29.1 Å². The van der Waals surface area contributed by atoms with Gasteiger partial charge < -0.3 is 24.8 Å². The monoisotopic (exact) mass is 541 g/mol. The minimum absolute atomic E-state index is 0.114. The number of nitrogens with one attached hydrogen (secondary N) is 1. The molecule has 11 heteroatoms. The van der Waals surface area contributed by atoms with Crippen molar-refractivity contribution in [1.29, 1.82) is 0 Å². The second-order valence-electron chi connectivity index (χ2n) is 9.51. The molecule has 4 amide bonds. The third kappa shape index (κ3) is 4.51. The number of nitrogens with zero attached hydrogens (tertiary/aromatic N) is 3. The predicted molar refractivity (Wildman–Crippen MR) is 147 cm³/mol. The Labute approximate surface area is 228 Å². The number of carbonyl (C=O) groups is 5. The van der Waals surface area contributed by atoms with Crippen molar-refractivity contribution in [2.24, 2.45) is 12.8 Å². The summed E-state index contributed by atoms with van der Waals surface area (Å²) in [6, 6.07) is 13.6. The first-order valence-corrected chi connectivity index (χ1v) is 12.6. The molecule has 1 atom stereocenters. The molecule has 0 saturated carbocycles. The van der Waals surface area contributed by atoms with Crippen molar-refractivity contribution in [1.82, 2.24) is 19.4 Å². The van der Waals surface area contributed by atoms with Crippen LogP contribution in [-0.2, 0) is 37.6 Å². The van der Waals surface area contributed by atoms with Gasteiger partial charge in [-0.3, -0.25) is 29.4 Å². The topological polar surface area (TPSA) is 157 Å². The first-order valence-electron chi connectivity index (χ1n) is 12.6. The number of hydrogen-bond acceptors (Lipinski definition) is 7. The molecule has 2 aromatic carbocycles. The largest absolute Gasteiger partial charge is 0.394 e. The number of fused-ring (bicyclic) bond motifs is 2. The standard InChI is InChI=1S/C29H27N5O6/c1-32-14-19(17-6-2-4-8-22(17)32)25-26(28(39)31-27(25)38)20-15-33(23-9-5-3-7-18(20)23)11-10-24(37)34(12-13-35)29(40)21(30)16-36/h2-9,13-15,21,36H,10-12,16,30H2,1H3,(H,31,38,39)/t21-/m0/s1. The molecule has 0 bridgehead atoms. The number of aldehydes is 1. The van der Waals surface area contributed by atoms with Crippen LogP contribution in [0, 0.1) is 0 Å². The van der Waals surface area contributed by atoms with Crippen LogP contribution in [0.3, 0.4) is 0 Å². The van der Waals surface area contributed by atoms with Crippen molar-refractivity contribution in [3.05, 3.63) is 72.1 Å². The van der Waals surface area contributed by atoms with Gasteiger partial charge in [0.05, 0.1) is 24.3 Å². The number of carbonyl (C=O) groups excluding carboxylic acids is 5. The third-order valence-corrected chi connectivity index (χ3v) is 7.06. The minimum atomic E-state index is -1.32. The van der Waals surface area contributed by atoms with E-state index in [2.05, 4.69) is 5.32 Å². The Bertz CT molecular complexity index is 1730. The molecule has 4 N–H and O–H groups in total. The number of imide groups is 2. The molecule has 0 spiro atoms. The van der Waals surface area contributed by atoms with Crippen LogP contribution in [-0.4, -0.2) is 68.2 Å². The molecule has 11 nitrogen and oxygen atoms in total. The van der Waals surface area contributed by atoms with Gasteiger partial charge >= 0.3 is 0 Å². The zero-order chi connectivity index (χ0) is 28.6. The number of benzene rings is 2. The molecule has 204 valence electrons. The van der Waals surface area contributed by atoms with E-state index < -0.39 is 42.8 Å². The number of hydrogen-bond donors (Lipinski definition) is 3. The molecule has 1 aliphatic rings. The fraction of sp³-hybridized carbons (Fsp3) is 0.207. The molecule has 2 aromatic heterocycles. The summed E-state index contributed by atoms with van der Waals surface area (Å²) in [5.74, 6) is -2.49. The number of aliphatic hydroxyl groups excluding tert-OH is 1. The van der Waals surface area contributed by atoms with Gasteiger partial charge in [0, 0.05) is 65.3 Å². The Hall–Kier alpha value is -4.87. The van der Waals surface area contributed by atoms with Gasteiger partial charge in [0.1, 0.15) is 12.3 Å². The van der Waals surface area contributed by atoms with Crippen LogP contribution in [0.4, 0.5) is 0 Å². The average Bonchev–Trinajstić information content (AvgIpc) is 3.59. The number of amides is 4. The summed E-state index contributed by atoms with van der Waals surface area (Å²) in [4.78, 5) is 63.4. The molecule has 0 unspecified atom stereocenters. The van der Waals surface area contributed by atoms with Gasteiger partial charge in [0.25, 0.3) is 11.8 Å². The fourth-order valence-electron chi connectivity index (χ4n) is 5.16. The molecule has 1 aliphatic heterocycles. The van der Waals surface area contributed by atoms with Crippen LogP contribution in [0.15, 0.2) is 60.9 Å². The van der Waals surface area contributed by atoms with E-state index in [1.165, 1.54) is 0 Å². The van der Waals surface area contributed by atoms with E-state index in [9.17, 15) is 29.1 Å². The Balaban J connectivity index is 1.57. The SMILES string of the molecule is Cn1cc(C2=C(c3cn(CCC(=O)N(CC=O)C(=O)[C@@H](N)CO)c4ccccc34)C(=O)NC2=O)c2ccccc21. The van der Waals surface area contributed by atoms with Gasteiger partial charge in [-0.15, -0.1) is 0 Å². The maximum Gasteiger partial charge on any atom is 0.259 e. The lowest BCUT2D eigenvalue weighted by atomic mass is 9.95. The van der Waals surface area contributed by atoms with Gasteiger partial charge in [-0.05, 0) is 12.1 Å². The molecule has 0 fully saturated rings. The van der Waals surface area contributed by atoms with E-state index in [0.717, 1.165) is 15.8 Å². The molecule has 0 saturated heterocycles. The van der Waals surface area contributed by atoms with Crippen LogP contribution in [0.1, 0.15) is 17.5 Å².